The van der Waals surface area contributed by atoms with E-state index in [2.05, 4.69) is 13.2 Å². The molecule has 0 rings (SSSR count). The summed E-state index contributed by atoms with van der Waals surface area (Å²) in [4.78, 5) is 0. The van der Waals surface area contributed by atoms with Gasteiger partial charge in [-0.3, -0.25) is 0 Å². The van der Waals surface area contributed by atoms with Crippen molar-refractivity contribution in [1.82, 2.24) is 0 Å². The molecule has 0 aromatic carbocycles. The highest BCUT2D eigenvalue weighted by Crippen LogP contribution is 2.15. The predicted molar refractivity (Wildman–Crippen MR) is 60.3 cm³/mol. The number of hydrogen-bond acceptors (Lipinski definition) is 2. The van der Waals surface area contributed by atoms with Crippen LogP contribution in [0.1, 0.15) is 33.6 Å². The van der Waals surface area contributed by atoms with Gasteiger partial charge in [-0.1, -0.05) is 25.2 Å². The van der Waals surface area contributed by atoms with Crippen LogP contribution in [0.3, 0.4) is 0 Å². The first-order valence-electron chi connectivity index (χ1n) is 5.12. The largest absolute Gasteiger partial charge is 0.391 e. The van der Waals surface area contributed by atoms with Gasteiger partial charge in [-0.2, -0.15) is 0 Å². The minimum Gasteiger partial charge on any atom is -0.391 e. The van der Waals surface area contributed by atoms with Gasteiger partial charge in [-0.25, -0.2) is 0 Å². The molecule has 0 amide bonds. The van der Waals surface area contributed by atoms with Crippen molar-refractivity contribution >= 4 is 0 Å². The molecule has 3 atom stereocenters. The zero-order valence-corrected chi connectivity index (χ0v) is 9.49. The van der Waals surface area contributed by atoms with Gasteiger partial charge < -0.3 is 9.84 Å². The monoisotopic (exact) mass is 198 g/mol. The van der Waals surface area contributed by atoms with E-state index >= 15 is 0 Å². The summed E-state index contributed by atoms with van der Waals surface area (Å²) < 4.78 is 5.74. The van der Waals surface area contributed by atoms with Crippen LogP contribution in [0.15, 0.2) is 24.8 Å². The third kappa shape index (κ3) is 4.58. The third-order valence-corrected chi connectivity index (χ3v) is 2.20. The van der Waals surface area contributed by atoms with Crippen LogP contribution in [0.4, 0.5) is 0 Å². The molecule has 0 aliphatic rings. The van der Waals surface area contributed by atoms with Gasteiger partial charge in [0, 0.05) is 0 Å². The van der Waals surface area contributed by atoms with E-state index in [4.69, 9.17) is 4.74 Å². The Kier molecular flexibility index (Phi) is 6.50. The zero-order chi connectivity index (χ0) is 11.1. The first kappa shape index (κ1) is 13.4. The van der Waals surface area contributed by atoms with E-state index in [0.29, 0.717) is 6.42 Å². The van der Waals surface area contributed by atoms with Crippen LogP contribution in [0.5, 0.6) is 0 Å². The van der Waals surface area contributed by atoms with Crippen LogP contribution in [0, 0.1) is 0 Å². The Morgan fingerprint density at radius 1 is 1.57 bits per heavy atom. The number of aliphatic hydroxyl groups excluding tert-OH is 1. The first-order valence-corrected chi connectivity index (χ1v) is 5.12. The van der Waals surface area contributed by atoms with E-state index in [-0.39, 0.29) is 12.2 Å². The second-order valence-electron chi connectivity index (χ2n) is 3.68. The SMILES string of the molecule is C=CC[C@@H](O[C@H](CC)C(=C)C)C(C)O. The summed E-state index contributed by atoms with van der Waals surface area (Å²) in [6.45, 7) is 13.2. The van der Waals surface area contributed by atoms with Crippen molar-refractivity contribution in [3.05, 3.63) is 24.8 Å². The zero-order valence-electron chi connectivity index (χ0n) is 9.49. The fraction of sp³-hybridized carbons (Fsp3) is 0.667. The molecule has 0 aromatic rings. The van der Waals surface area contributed by atoms with Crippen molar-refractivity contribution in [1.29, 1.82) is 0 Å². The van der Waals surface area contributed by atoms with Crippen LogP contribution in [0.25, 0.3) is 0 Å². The Hall–Kier alpha value is -0.600. The Bertz CT molecular complexity index is 185. The molecule has 0 aliphatic carbocycles. The second-order valence-corrected chi connectivity index (χ2v) is 3.68. The average Bonchev–Trinajstić information content (AvgIpc) is 2.11. The van der Waals surface area contributed by atoms with Gasteiger partial charge in [-0.15, -0.1) is 6.58 Å². The molecule has 14 heavy (non-hydrogen) atoms. The Labute approximate surface area is 87.3 Å². The van der Waals surface area contributed by atoms with Gasteiger partial charge in [0.2, 0.25) is 0 Å². The molecule has 2 nitrogen and oxygen atoms in total. The maximum Gasteiger partial charge on any atom is 0.0873 e. The Morgan fingerprint density at radius 3 is 2.43 bits per heavy atom. The molecule has 0 fully saturated rings. The number of rotatable bonds is 7. The summed E-state index contributed by atoms with van der Waals surface area (Å²) in [5, 5.41) is 9.47. The molecular weight excluding hydrogens is 176 g/mol. The van der Waals surface area contributed by atoms with Crippen molar-refractivity contribution < 1.29 is 9.84 Å². The average molecular weight is 198 g/mol. The van der Waals surface area contributed by atoms with E-state index < -0.39 is 6.10 Å². The third-order valence-electron chi connectivity index (χ3n) is 2.20. The van der Waals surface area contributed by atoms with Crippen LogP contribution in [-0.2, 0) is 4.74 Å². The van der Waals surface area contributed by atoms with Gasteiger partial charge in [-0.05, 0) is 26.7 Å². The van der Waals surface area contributed by atoms with Gasteiger partial charge >= 0.3 is 0 Å². The summed E-state index contributed by atoms with van der Waals surface area (Å²) >= 11 is 0. The van der Waals surface area contributed by atoms with Crippen molar-refractivity contribution in [2.75, 3.05) is 0 Å². The summed E-state index contributed by atoms with van der Waals surface area (Å²) in [6, 6.07) is 0. The van der Waals surface area contributed by atoms with Crippen molar-refractivity contribution in [3.63, 3.8) is 0 Å². The molecule has 0 saturated carbocycles. The van der Waals surface area contributed by atoms with E-state index in [1.165, 1.54) is 0 Å². The van der Waals surface area contributed by atoms with Crippen LogP contribution in [0.2, 0.25) is 0 Å². The highest BCUT2D eigenvalue weighted by atomic mass is 16.5. The Balaban J connectivity index is 4.25. The molecule has 0 bridgehead atoms. The highest BCUT2D eigenvalue weighted by Gasteiger charge is 2.18. The molecule has 0 heterocycles. The van der Waals surface area contributed by atoms with E-state index in [9.17, 15) is 5.11 Å². The fourth-order valence-corrected chi connectivity index (χ4v) is 1.30. The molecule has 2 heteroatoms. The normalized spacial score (nSPS) is 17.1. The van der Waals surface area contributed by atoms with Gasteiger partial charge in [0.05, 0.1) is 18.3 Å². The van der Waals surface area contributed by atoms with Crippen LogP contribution >= 0.6 is 0 Å². The lowest BCUT2D eigenvalue weighted by Crippen LogP contribution is -2.30. The topological polar surface area (TPSA) is 29.5 Å². The molecule has 1 N–H and O–H groups in total. The second kappa shape index (κ2) is 6.80. The predicted octanol–water partition coefficient (Wildman–Crippen LogP) is 2.68. The quantitative estimate of drug-likeness (QED) is 0.637. The van der Waals surface area contributed by atoms with E-state index in [1.54, 1.807) is 13.0 Å². The molecule has 0 aliphatic heterocycles. The van der Waals surface area contributed by atoms with E-state index in [0.717, 1.165) is 12.0 Å². The molecule has 0 saturated heterocycles. The minimum atomic E-state index is -0.471. The number of ether oxygens (including phenoxy) is 1. The van der Waals surface area contributed by atoms with Gasteiger partial charge in [0.15, 0.2) is 0 Å². The van der Waals surface area contributed by atoms with Crippen LogP contribution < -0.4 is 0 Å². The molecule has 0 spiro atoms. The van der Waals surface area contributed by atoms with E-state index in [1.807, 2.05) is 13.8 Å². The summed E-state index contributed by atoms with van der Waals surface area (Å²) in [5.74, 6) is 0. The molecule has 0 aromatic heterocycles. The summed E-state index contributed by atoms with van der Waals surface area (Å²) in [7, 11) is 0. The molecule has 0 radical (unpaired) electrons. The molecular formula is C12H22O2. The summed E-state index contributed by atoms with van der Waals surface area (Å²) in [5.41, 5.74) is 1.00. The number of aliphatic hydroxyl groups is 1. The van der Waals surface area contributed by atoms with Crippen molar-refractivity contribution in [3.8, 4) is 0 Å². The van der Waals surface area contributed by atoms with Gasteiger partial charge in [0.1, 0.15) is 0 Å². The highest BCUT2D eigenvalue weighted by molar-refractivity contribution is 4.98. The molecule has 1 unspecified atom stereocenters. The van der Waals surface area contributed by atoms with Crippen LogP contribution in [-0.4, -0.2) is 23.4 Å². The summed E-state index contributed by atoms with van der Waals surface area (Å²) in [6.07, 6.45) is 2.71. The lowest BCUT2D eigenvalue weighted by atomic mass is 10.1. The maximum atomic E-state index is 9.47. The fourth-order valence-electron chi connectivity index (χ4n) is 1.30. The first-order chi connectivity index (χ1) is 6.52. The standard InChI is InChI=1S/C12H22O2/c1-6-8-12(10(5)13)14-11(7-2)9(3)4/h6,10-13H,1,3,7-8H2,2,4-5H3/t10?,11-,12-/m1/s1. The van der Waals surface area contributed by atoms with Crippen molar-refractivity contribution in [2.24, 2.45) is 0 Å². The lowest BCUT2D eigenvalue weighted by Gasteiger charge is -2.25. The Morgan fingerprint density at radius 2 is 2.14 bits per heavy atom. The van der Waals surface area contributed by atoms with Crippen molar-refractivity contribution in [2.45, 2.75) is 51.9 Å². The maximum absolute atomic E-state index is 9.47. The molecule has 82 valence electrons. The minimum absolute atomic E-state index is 0.0366. The lowest BCUT2D eigenvalue weighted by molar-refractivity contribution is -0.0568. The smallest absolute Gasteiger partial charge is 0.0873 e. The number of hydrogen-bond donors (Lipinski definition) is 1. The van der Waals surface area contributed by atoms with Gasteiger partial charge in [0.25, 0.3) is 0 Å².